The van der Waals surface area contributed by atoms with Crippen LogP contribution in [0.2, 0.25) is 0 Å². The van der Waals surface area contributed by atoms with Crippen molar-refractivity contribution in [2.24, 2.45) is 4.99 Å². The summed E-state index contributed by atoms with van der Waals surface area (Å²) in [5.74, 6) is 0. The lowest BCUT2D eigenvalue weighted by atomic mass is 10.1. The normalized spacial score (nSPS) is 11.8. The first-order chi connectivity index (χ1) is 4.12. The van der Waals surface area contributed by atoms with Crippen LogP contribution in [0.1, 0.15) is 13.8 Å². The van der Waals surface area contributed by atoms with Gasteiger partial charge in [0.05, 0.1) is 5.54 Å². The van der Waals surface area contributed by atoms with Gasteiger partial charge in [-0.25, -0.2) is 0 Å². The Morgan fingerprint density at radius 2 is 2.00 bits per heavy atom. The molecule has 9 heavy (non-hydrogen) atoms. The summed E-state index contributed by atoms with van der Waals surface area (Å²) in [4.78, 5) is 3.87. The molecule has 0 heterocycles. The average molecular weight is 123 g/mol. The van der Waals surface area contributed by atoms with Gasteiger partial charge >= 0.3 is 0 Å². The molecular weight excluding hydrogens is 110 g/mol. The molecule has 0 amide bonds. The molecule has 0 aromatic heterocycles. The number of allylic oxidation sites excluding steroid dienone is 2. The fourth-order valence-electron chi connectivity index (χ4n) is 0.356. The second kappa shape index (κ2) is 3.23. The molecule has 0 unspecified atom stereocenters. The highest BCUT2D eigenvalue weighted by atomic mass is 14.8. The van der Waals surface area contributed by atoms with E-state index in [1.165, 1.54) is 0 Å². The van der Waals surface area contributed by atoms with Gasteiger partial charge in [-0.1, -0.05) is 24.8 Å². The van der Waals surface area contributed by atoms with E-state index in [4.69, 9.17) is 0 Å². The lowest BCUT2D eigenvalue weighted by Crippen LogP contribution is -2.10. The molecule has 0 radical (unpaired) electrons. The molecule has 0 aliphatic carbocycles. The van der Waals surface area contributed by atoms with E-state index >= 15 is 0 Å². The summed E-state index contributed by atoms with van der Waals surface area (Å²) in [6.45, 7) is 11.0. The molecule has 0 aromatic rings. The summed E-state index contributed by atoms with van der Waals surface area (Å²) in [6.07, 6.45) is 5.55. The van der Waals surface area contributed by atoms with Gasteiger partial charge in [-0.3, -0.25) is 4.99 Å². The Kier molecular flexibility index (Phi) is 2.93. The summed E-state index contributed by atoms with van der Waals surface area (Å²) >= 11 is 0. The van der Waals surface area contributed by atoms with Crippen molar-refractivity contribution in [2.75, 3.05) is 0 Å². The van der Waals surface area contributed by atoms with E-state index in [0.29, 0.717) is 0 Å². The Morgan fingerprint density at radius 1 is 1.44 bits per heavy atom. The summed E-state index contributed by atoms with van der Waals surface area (Å²) in [7, 11) is 0. The van der Waals surface area contributed by atoms with Crippen molar-refractivity contribution in [3.8, 4) is 0 Å². The van der Waals surface area contributed by atoms with Crippen molar-refractivity contribution < 1.29 is 0 Å². The molecule has 0 saturated heterocycles. The zero-order valence-electron chi connectivity index (χ0n) is 6.09. The van der Waals surface area contributed by atoms with Crippen LogP contribution in [-0.4, -0.2) is 12.3 Å². The van der Waals surface area contributed by atoms with E-state index < -0.39 is 0 Å². The van der Waals surface area contributed by atoms with Gasteiger partial charge < -0.3 is 0 Å². The lowest BCUT2D eigenvalue weighted by molar-refractivity contribution is 0.663. The van der Waals surface area contributed by atoms with Crippen molar-refractivity contribution in [3.63, 3.8) is 0 Å². The summed E-state index contributed by atoms with van der Waals surface area (Å²) < 4.78 is 0. The third-order valence-corrected chi connectivity index (χ3v) is 1.05. The Morgan fingerprint density at radius 3 is 2.33 bits per heavy atom. The molecule has 0 aliphatic rings. The van der Waals surface area contributed by atoms with Crippen LogP contribution in [0.5, 0.6) is 0 Å². The van der Waals surface area contributed by atoms with E-state index in [-0.39, 0.29) is 5.54 Å². The molecule has 0 aliphatic heterocycles. The predicted molar refractivity (Wildman–Crippen MR) is 43.0 cm³/mol. The maximum absolute atomic E-state index is 3.87. The first kappa shape index (κ1) is 8.15. The number of aliphatic imine (C=N–C) groups is 1. The standard InChI is InChI=1S/C8H13N/c1-5-6-7-8(2,3)9-4/h5-7H,1,4H2,2-3H3/b7-6-. The molecule has 0 N–H and O–H groups in total. The van der Waals surface area contributed by atoms with Crippen LogP contribution in [0, 0.1) is 0 Å². The molecule has 50 valence electrons. The van der Waals surface area contributed by atoms with Gasteiger partial charge in [0.25, 0.3) is 0 Å². The molecule has 0 aromatic carbocycles. The largest absolute Gasteiger partial charge is 0.291 e. The number of hydrogen-bond acceptors (Lipinski definition) is 1. The van der Waals surface area contributed by atoms with Crippen molar-refractivity contribution in [2.45, 2.75) is 19.4 Å². The SMILES string of the molecule is C=C/C=C\C(C)(C)N=C. The second-order valence-electron chi connectivity index (χ2n) is 2.41. The smallest absolute Gasteiger partial charge is 0.0727 e. The van der Waals surface area contributed by atoms with Crippen LogP contribution < -0.4 is 0 Å². The Hall–Kier alpha value is -0.850. The van der Waals surface area contributed by atoms with Crippen LogP contribution in [0.25, 0.3) is 0 Å². The Labute approximate surface area is 56.8 Å². The van der Waals surface area contributed by atoms with Gasteiger partial charge in [0.2, 0.25) is 0 Å². The van der Waals surface area contributed by atoms with Crippen LogP contribution >= 0.6 is 0 Å². The van der Waals surface area contributed by atoms with Crippen molar-refractivity contribution in [1.82, 2.24) is 0 Å². The zero-order chi connectivity index (χ0) is 7.33. The minimum absolute atomic E-state index is 0.145. The Balaban J connectivity index is 3.99. The minimum atomic E-state index is -0.145. The molecule has 0 bridgehead atoms. The zero-order valence-corrected chi connectivity index (χ0v) is 6.09. The topological polar surface area (TPSA) is 12.4 Å². The van der Waals surface area contributed by atoms with Gasteiger partial charge in [-0.15, -0.1) is 0 Å². The van der Waals surface area contributed by atoms with Crippen LogP contribution in [0.4, 0.5) is 0 Å². The maximum Gasteiger partial charge on any atom is 0.0727 e. The molecule has 1 nitrogen and oxygen atoms in total. The van der Waals surface area contributed by atoms with Gasteiger partial charge in [-0.05, 0) is 20.6 Å². The molecular formula is C8H13N. The molecule has 1 heteroatoms. The molecule has 0 fully saturated rings. The second-order valence-corrected chi connectivity index (χ2v) is 2.41. The first-order valence-corrected chi connectivity index (χ1v) is 2.90. The van der Waals surface area contributed by atoms with Crippen LogP contribution in [0.3, 0.4) is 0 Å². The van der Waals surface area contributed by atoms with Gasteiger partial charge in [-0.2, -0.15) is 0 Å². The van der Waals surface area contributed by atoms with Crippen molar-refractivity contribution in [1.29, 1.82) is 0 Å². The Bertz CT molecular complexity index is 132. The van der Waals surface area contributed by atoms with Gasteiger partial charge in [0.1, 0.15) is 0 Å². The van der Waals surface area contributed by atoms with E-state index in [1.807, 2.05) is 26.0 Å². The highest BCUT2D eigenvalue weighted by Gasteiger charge is 2.06. The molecule has 0 spiro atoms. The first-order valence-electron chi connectivity index (χ1n) is 2.90. The van der Waals surface area contributed by atoms with Crippen molar-refractivity contribution in [3.05, 3.63) is 24.8 Å². The third kappa shape index (κ3) is 3.71. The number of nitrogens with zero attached hydrogens (tertiary/aromatic N) is 1. The highest BCUT2D eigenvalue weighted by molar-refractivity contribution is 5.27. The summed E-state index contributed by atoms with van der Waals surface area (Å²) in [6, 6.07) is 0. The number of hydrogen-bond donors (Lipinski definition) is 0. The minimum Gasteiger partial charge on any atom is -0.291 e. The fourth-order valence-corrected chi connectivity index (χ4v) is 0.356. The summed E-state index contributed by atoms with van der Waals surface area (Å²) in [5.41, 5.74) is -0.145. The van der Waals surface area contributed by atoms with Crippen molar-refractivity contribution >= 4 is 6.72 Å². The average Bonchev–Trinajstić information content (AvgIpc) is 1.84. The van der Waals surface area contributed by atoms with E-state index in [9.17, 15) is 0 Å². The van der Waals surface area contributed by atoms with E-state index in [1.54, 1.807) is 6.08 Å². The van der Waals surface area contributed by atoms with E-state index in [2.05, 4.69) is 18.3 Å². The molecule has 0 rings (SSSR count). The fraction of sp³-hybridized carbons (Fsp3) is 0.375. The van der Waals surface area contributed by atoms with Crippen LogP contribution in [-0.2, 0) is 0 Å². The van der Waals surface area contributed by atoms with E-state index in [0.717, 1.165) is 0 Å². The van der Waals surface area contributed by atoms with Crippen LogP contribution in [0.15, 0.2) is 29.8 Å². The number of rotatable bonds is 3. The monoisotopic (exact) mass is 123 g/mol. The molecule has 0 saturated carbocycles. The van der Waals surface area contributed by atoms with Gasteiger partial charge in [0, 0.05) is 0 Å². The maximum atomic E-state index is 3.87. The summed E-state index contributed by atoms with van der Waals surface area (Å²) in [5, 5.41) is 0. The third-order valence-electron chi connectivity index (χ3n) is 1.05. The molecule has 0 atom stereocenters. The lowest BCUT2D eigenvalue weighted by Gasteiger charge is -2.11. The quantitative estimate of drug-likeness (QED) is 0.403. The van der Waals surface area contributed by atoms with Gasteiger partial charge in [0.15, 0.2) is 0 Å². The predicted octanol–water partition coefficient (Wildman–Crippen LogP) is 2.21. The highest BCUT2D eigenvalue weighted by Crippen LogP contribution is 2.08.